The number of hydrogen-bond acceptors (Lipinski definition) is 4. The van der Waals surface area contributed by atoms with Crippen LogP contribution in [-0.4, -0.2) is 33.0 Å². The Balaban J connectivity index is 1.75. The van der Waals surface area contributed by atoms with Gasteiger partial charge in [-0.1, -0.05) is 0 Å². The summed E-state index contributed by atoms with van der Waals surface area (Å²) in [5.41, 5.74) is 0. The largest absolute Gasteiger partial charge is 0.337 e. The molecule has 2 aromatic heterocycles. The van der Waals surface area contributed by atoms with Crippen LogP contribution >= 0.6 is 11.3 Å². The standard InChI is InChI=1S/C12H18N4S/c1-11(12-14-5-9-17-12)15(2)6-3-7-16-8-4-13-10-16/h4-5,8-11H,3,6-7H2,1-2H3. The Morgan fingerprint density at radius 1 is 1.47 bits per heavy atom. The molecule has 0 amide bonds. The minimum atomic E-state index is 0.401. The van der Waals surface area contributed by atoms with Crippen LogP contribution in [0.1, 0.15) is 24.4 Å². The highest BCUT2D eigenvalue weighted by molar-refractivity contribution is 7.09. The van der Waals surface area contributed by atoms with Crippen LogP contribution in [0.5, 0.6) is 0 Å². The van der Waals surface area contributed by atoms with Gasteiger partial charge in [-0.15, -0.1) is 11.3 Å². The van der Waals surface area contributed by atoms with Crippen LogP contribution in [0.15, 0.2) is 30.3 Å². The zero-order valence-electron chi connectivity index (χ0n) is 10.3. The third-order valence-corrected chi connectivity index (χ3v) is 3.90. The summed E-state index contributed by atoms with van der Waals surface area (Å²) < 4.78 is 2.11. The van der Waals surface area contributed by atoms with E-state index in [1.807, 2.05) is 30.3 Å². The maximum Gasteiger partial charge on any atom is 0.109 e. The summed E-state index contributed by atoms with van der Waals surface area (Å²) in [4.78, 5) is 10.7. The van der Waals surface area contributed by atoms with E-state index in [4.69, 9.17) is 0 Å². The van der Waals surface area contributed by atoms with Gasteiger partial charge in [-0.05, 0) is 20.4 Å². The maximum absolute atomic E-state index is 4.36. The maximum atomic E-state index is 4.36. The molecule has 0 saturated carbocycles. The summed E-state index contributed by atoms with van der Waals surface area (Å²) in [6, 6.07) is 0.401. The lowest BCUT2D eigenvalue weighted by atomic mass is 10.3. The van der Waals surface area contributed by atoms with Crippen molar-refractivity contribution >= 4 is 11.3 Å². The molecule has 1 unspecified atom stereocenters. The molecule has 17 heavy (non-hydrogen) atoms. The molecule has 0 aliphatic carbocycles. The number of nitrogens with zero attached hydrogens (tertiary/aromatic N) is 4. The van der Waals surface area contributed by atoms with E-state index in [9.17, 15) is 0 Å². The second kappa shape index (κ2) is 5.93. The fourth-order valence-corrected chi connectivity index (χ4v) is 2.50. The quantitative estimate of drug-likeness (QED) is 0.789. The van der Waals surface area contributed by atoms with Crippen molar-refractivity contribution in [3.8, 4) is 0 Å². The van der Waals surface area contributed by atoms with Gasteiger partial charge in [0, 0.05) is 37.1 Å². The summed E-state index contributed by atoms with van der Waals surface area (Å²) >= 11 is 1.72. The van der Waals surface area contributed by atoms with Gasteiger partial charge in [0.15, 0.2) is 0 Å². The molecule has 0 N–H and O–H groups in total. The number of thiazole rings is 1. The first-order chi connectivity index (χ1) is 8.27. The van der Waals surface area contributed by atoms with Crippen LogP contribution in [0.4, 0.5) is 0 Å². The van der Waals surface area contributed by atoms with Crippen LogP contribution < -0.4 is 0 Å². The summed E-state index contributed by atoms with van der Waals surface area (Å²) in [5.74, 6) is 0. The Hall–Kier alpha value is -1.20. The predicted octanol–water partition coefficient (Wildman–Crippen LogP) is 2.42. The van der Waals surface area contributed by atoms with Crippen molar-refractivity contribution in [2.45, 2.75) is 25.9 Å². The number of hydrogen-bond donors (Lipinski definition) is 0. The molecule has 0 radical (unpaired) electrons. The summed E-state index contributed by atoms with van der Waals surface area (Å²) in [5, 5.41) is 3.22. The number of imidazole rings is 1. The molecule has 0 aromatic carbocycles. The fraction of sp³-hybridized carbons (Fsp3) is 0.500. The van der Waals surface area contributed by atoms with E-state index < -0.39 is 0 Å². The Morgan fingerprint density at radius 3 is 3.00 bits per heavy atom. The number of rotatable bonds is 6. The van der Waals surface area contributed by atoms with Crippen LogP contribution in [0.25, 0.3) is 0 Å². The van der Waals surface area contributed by atoms with Gasteiger partial charge in [-0.25, -0.2) is 9.97 Å². The van der Waals surface area contributed by atoms with Crippen LogP contribution in [-0.2, 0) is 6.54 Å². The third kappa shape index (κ3) is 3.38. The molecular formula is C12H18N4S. The topological polar surface area (TPSA) is 34.0 Å². The van der Waals surface area contributed by atoms with Crippen LogP contribution in [0.2, 0.25) is 0 Å². The normalized spacial score (nSPS) is 13.1. The first kappa shape index (κ1) is 12.3. The molecule has 0 bridgehead atoms. The predicted molar refractivity (Wildman–Crippen MR) is 70.0 cm³/mol. The monoisotopic (exact) mass is 250 g/mol. The van der Waals surface area contributed by atoms with Gasteiger partial charge in [0.25, 0.3) is 0 Å². The van der Waals surface area contributed by atoms with E-state index in [2.05, 4.69) is 33.4 Å². The molecule has 4 nitrogen and oxygen atoms in total. The lowest BCUT2D eigenvalue weighted by Crippen LogP contribution is -2.24. The van der Waals surface area contributed by atoms with E-state index in [1.165, 1.54) is 5.01 Å². The van der Waals surface area contributed by atoms with Crippen LogP contribution in [0, 0.1) is 0 Å². The highest BCUT2D eigenvalue weighted by Crippen LogP contribution is 2.20. The van der Waals surface area contributed by atoms with E-state index in [0.717, 1.165) is 19.5 Å². The smallest absolute Gasteiger partial charge is 0.109 e. The molecule has 2 rings (SSSR count). The van der Waals surface area contributed by atoms with Crippen molar-refractivity contribution in [3.05, 3.63) is 35.3 Å². The average molecular weight is 250 g/mol. The van der Waals surface area contributed by atoms with Gasteiger partial charge < -0.3 is 4.57 Å². The zero-order chi connectivity index (χ0) is 12.1. The molecule has 0 fully saturated rings. The molecule has 0 aliphatic rings. The van der Waals surface area contributed by atoms with Gasteiger partial charge in [-0.2, -0.15) is 0 Å². The molecule has 2 aromatic rings. The molecule has 5 heteroatoms. The van der Waals surface area contributed by atoms with Crippen molar-refractivity contribution in [1.29, 1.82) is 0 Å². The molecule has 0 aliphatic heterocycles. The van der Waals surface area contributed by atoms with Gasteiger partial charge >= 0.3 is 0 Å². The Morgan fingerprint density at radius 2 is 2.35 bits per heavy atom. The SMILES string of the molecule is CC(c1nccs1)N(C)CCCn1ccnc1. The van der Waals surface area contributed by atoms with E-state index in [0.29, 0.717) is 6.04 Å². The molecular weight excluding hydrogens is 232 g/mol. The Kier molecular flexibility index (Phi) is 4.28. The van der Waals surface area contributed by atoms with Crippen molar-refractivity contribution in [2.75, 3.05) is 13.6 Å². The van der Waals surface area contributed by atoms with Crippen molar-refractivity contribution in [3.63, 3.8) is 0 Å². The lowest BCUT2D eigenvalue weighted by molar-refractivity contribution is 0.253. The minimum Gasteiger partial charge on any atom is -0.337 e. The molecule has 0 saturated heterocycles. The summed E-state index contributed by atoms with van der Waals surface area (Å²) in [6.45, 7) is 4.30. The first-order valence-corrected chi connectivity index (χ1v) is 6.70. The van der Waals surface area contributed by atoms with Gasteiger partial charge in [0.05, 0.1) is 12.4 Å². The Labute approximate surface area is 106 Å². The molecule has 0 spiro atoms. The first-order valence-electron chi connectivity index (χ1n) is 5.82. The van der Waals surface area contributed by atoms with Gasteiger partial charge in [0.2, 0.25) is 0 Å². The summed E-state index contributed by atoms with van der Waals surface area (Å²) in [6.07, 6.45) is 8.69. The van der Waals surface area contributed by atoms with E-state index in [1.54, 1.807) is 11.3 Å². The molecule has 1 atom stereocenters. The molecule has 92 valence electrons. The fourth-order valence-electron chi connectivity index (χ4n) is 1.74. The lowest BCUT2D eigenvalue weighted by Gasteiger charge is -2.22. The number of aromatic nitrogens is 3. The van der Waals surface area contributed by atoms with Crippen LogP contribution in [0.3, 0.4) is 0 Å². The van der Waals surface area contributed by atoms with Crippen molar-refractivity contribution in [2.24, 2.45) is 0 Å². The zero-order valence-corrected chi connectivity index (χ0v) is 11.1. The van der Waals surface area contributed by atoms with Crippen molar-refractivity contribution < 1.29 is 0 Å². The number of aryl methyl sites for hydroxylation is 1. The Bertz CT molecular complexity index is 410. The van der Waals surface area contributed by atoms with Crippen molar-refractivity contribution in [1.82, 2.24) is 19.4 Å². The third-order valence-electron chi connectivity index (χ3n) is 2.96. The van der Waals surface area contributed by atoms with E-state index in [-0.39, 0.29) is 0 Å². The highest BCUT2D eigenvalue weighted by atomic mass is 32.1. The van der Waals surface area contributed by atoms with Gasteiger partial charge in [0.1, 0.15) is 5.01 Å². The van der Waals surface area contributed by atoms with E-state index >= 15 is 0 Å². The minimum absolute atomic E-state index is 0.401. The highest BCUT2D eigenvalue weighted by Gasteiger charge is 2.13. The molecule has 2 heterocycles. The second-order valence-corrected chi connectivity index (χ2v) is 5.11. The average Bonchev–Trinajstić information content (AvgIpc) is 3.00. The second-order valence-electron chi connectivity index (χ2n) is 4.18. The summed E-state index contributed by atoms with van der Waals surface area (Å²) in [7, 11) is 2.15. The van der Waals surface area contributed by atoms with Gasteiger partial charge in [-0.3, -0.25) is 4.90 Å².